The lowest BCUT2D eigenvalue weighted by molar-refractivity contribution is -0.341. The Morgan fingerprint density at radius 3 is 2.41 bits per heavy atom. The van der Waals surface area contributed by atoms with Gasteiger partial charge in [0.1, 0.15) is 0 Å². The van der Waals surface area contributed by atoms with E-state index in [1.165, 1.54) is 18.2 Å². The van der Waals surface area contributed by atoms with Crippen LogP contribution in [0.2, 0.25) is 0 Å². The van der Waals surface area contributed by atoms with Crippen molar-refractivity contribution >= 4 is 27.0 Å². The number of ether oxygens (including phenoxy) is 1. The fraction of sp³-hybridized carbons (Fsp3) is 0.273. The Labute approximate surface area is 126 Å². The molecule has 0 aliphatic heterocycles. The van der Waals surface area contributed by atoms with E-state index in [-0.39, 0.29) is 11.0 Å². The van der Waals surface area contributed by atoms with Gasteiger partial charge in [0.15, 0.2) is 0 Å². The molecule has 120 valence electrons. The topological polar surface area (TPSA) is 55.0 Å². The number of fused-ring (bicyclic) bond motifs is 1. The Bertz CT molecular complexity index is 762. The van der Waals surface area contributed by atoms with Crippen LogP contribution in [0.4, 0.5) is 26.3 Å². The van der Waals surface area contributed by atoms with Crippen LogP contribution in [0, 0.1) is 0 Å². The van der Waals surface area contributed by atoms with E-state index in [1.54, 1.807) is 0 Å². The van der Waals surface area contributed by atoms with Crippen molar-refractivity contribution in [3.8, 4) is 5.88 Å². The summed E-state index contributed by atoms with van der Waals surface area (Å²) in [5.74, 6) is -6.79. The highest BCUT2D eigenvalue weighted by Gasteiger charge is 2.66. The monoisotopic (exact) mass is 390 g/mol. The van der Waals surface area contributed by atoms with E-state index in [4.69, 9.17) is 0 Å². The SMILES string of the molecule is O=c1[nH]c2cc(Br)ccc2nc1OC(F)(C(F)F)C(F)(F)F. The zero-order valence-electron chi connectivity index (χ0n) is 10.2. The molecule has 1 aromatic carbocycles. The van der Waals surface area contributed by atoms with Crippen molar-refractivity contribution in [1.29, 1.82) is 0 Å². The summed E-state index contributed by atoms with van der Waals surface area (Å²) in [6.07, 6.45) is -10.6. The molecule has 0 aliphatic carbocycles. The molecule has 0 bridgehead atoms. The third-order valence-corrected chi connectivity index (χ3v) is 3.03. The van der Waals surface area contributed by atoms with Crippen molar-refractivity contribution in [3.05, 3.63) is 33.0 Å². The second-order valence-electron chi connectivity index (χ2n) is 4.08. The van der Waals surface area contributed by atoms with Crippen LogP contribution in [0.3, 0.4) is 0 Å². The van der Waals surface area contributed by atoms with Crippen LogP contribution in [0.1, 0.15) is 0 Å². The molecule has 4 nitrogen and oxygen atoms in total. The first-order chi connectivity index (χ1) is 10.0. The Kier molecular flexibility index (Phi) is 4.11. The van der Waals surface area contributed by atoms with Gasteiger partial charge < -0.3 is 9.72 Å². The summed E-state index contributed by atoms with van der Waals surface area (Å²) in [6.45, 7) is 0. The van der Waals surface area contributed by atoms with Gasteiger partial charge in [-0.15, -0.1) is 0 Å². The highest BCUT2D eigenvalue weighted by atomic mass is 79.9. The third-order valence-electron chi connectivity index (χ3n) is 2.54. The molecule has 0 aliphatic rings. The van der Waals surface area contributed by atoms with Gasteiger partial charge in [0.2, 0.25) is 0 Å². The average molecular weight is 391 g/mol. The van der Waals surface area contributed by atoms with Gasteiger partial charge in [-0.05, 0) is 18.2 Å². The number of alkyl halides is 6. The number of hydrogen-bond donors (Lipinski definition) is 1. The first kappa shape index (κ1) is 16.6. The minimum absolute atomic E-state index is 0.0726. The lowest BCUT2D eigenvalue weighted by Gasteiger charge is -2.26. The molecule has 2 rings (SSSR count). The number of hydrogen-bond acceptors (Lipinski definition) is 3. The lowest BCUT2D eigenvalue weighted by Crippen LogP contribution is -2.53. The van der Waals surface area contributed by atoms with E-state index < -0.39 is 29.9 Å². The standard InChI is InChI=1S/C11H5BrF6N2O2/c12-4-1-2-5-6(3-4)19-7(21)8(20-5)22-10(15,9(13)14)11(16,17)18/h1-3,9H,(H,19,21). The third kappa shape index (κ3) is 2.89. The molecule has 11 heteroatoms. The van der Waals surface area contributed by atoms with Gasteiger partial charge in [-0.3, -0.25) is 4.79 Å². The van der Waals surface area contributed by atoms with Crippen molar-refractivity contribution in [2.45, 2.75) is 18.5 Å². The molecular weight excluding hydrogens is 386 g/mol. The maximum Gasteiger partial charge on any atom is 0.466 e. The largest absolute Gasteiger partial charge is 0.466 e. The number of aromatic nitrogens is 2. The predicted octanol–water partition coefficient (Wildman–Crippen LogP) is 3.56. The first-order valence-electron chi connectivity index (χ1n) is 5.47. The van der Waals surface area contributed by atoms with Crippen molar-refractivity contribution in [3.63, 3.8) is 0 Å². The second kappa shape index (κ2) is 5.45. The van der Waals surface area contributed by atoms with Crippen molar-refractivity contribution in [2.75, 3.05) is 0 Å². The number of rotatable bonds is 3. The molecular formula is C11H5BrF6N2O2. The summed E-state index contributed by atoms with van der Waals surface area (Å²) in [7, 11) is 0. The fourth-order valence-electron chi connectivity index (χ4n) is 1.48. The smallest absolute Gasteiger partial charge is 0.424 e. The molecule has 1 atom stereocenters. The van der Waals surface area contributed by atoms with Crippen LogP contribution in [-0.4, -0.2) is 28.4 Å². The Hall–Kier alpha value is -1.78. The van der Waals surface area contributed by atoms with E-state index in [0.717, 1.165) is 0 Å². The van der Waals surface area contributed by atoms with Gasteiger partial charge in [-0.1, -0.05) is 15.9 Å². The molecule has 0 saturated heterocycles. The van der Waals surface area contributed by atoms with Crippen LogP contribution in [0.15, 0.2) is 27.5 Å². The van der Waals surface area contributed by atoms with Crippen LogP contribution in [0.5, 0.6) is 5.88 Å². The summed E-state index contributed by atoms with van der Waals surface area (Å²) >= 11 is 3.08. The van der Waals surface area contributed by atoms with Gasteiger partial charge in [-0.2, -0.15) is 17.6 Å². The van der Waals surface area contributed by atoms with Gasteiger partial charge in [0.05, 0.1) is 11.0 Å². The zero-order chi connectivity index (χ0) is 16.7. The highest BCUT2D eigenvalue weighted by molar-refractivity contribution is 9.10. The van der Waals surface area contributed by atoms with E-state index in [9.17, 15) is 31.1 Å². The summed E-state index contributed by atoms with van der Waals surface area (Å²) < 4.78 is 79.6. The zero-order valence-corrected chi connectivity index (χ0v) is 11.8. The second-order valence-corrected chi connectivity index (χ2v) is 4.99. The number of H-pyrrole nitrogens is 1. The van der Waals surface area contributed by atoms with Gasteiger partial charge >= 0.3 is 24.0 Å². The predicted molar refractivity (Wildman–Crippen MR) is 66.6 cm³/mol. The van der Waals surface area contributed by atoms with E-state index in [0.29, 0.717) is 4.47 Å². The Balaban J connectivity index is 2.53. The van der Waals surface area contributed by atoms with Crippen LogP contribution >= 0.6 is 15.9 Å². The summed E-state index contributed by atoms with van der Waals surface area (Å²) in [5.41, 5.74) is -1.35. The van der Waals surface area contributed by atoms with Crippen molar-refractivity contribution in [2.24, 2.45) is 0 Å². The molecule has 1 N–H and O–H groups in total. The number of aromatic amines is 1. The summed E-state index contributed by atoms with van der Waals surface area (Å²) in [5, 5.41) is 0. The lowest BCUT2D eigenvalue weighted by atomic mass is 10.3. The van der Waals surface area contributed by atoms with Gasteiger partial charge in [0, 0.05) is 4.47 Å². The summed E-state index contributed by atoms with van der Waals surface area (Å²) in [4.78, 5) is 16.9. The fourth-order valence-corrected chi connectivity index (χ4v) is 1.84. The number of benzene rings is 1. The maximum atomic E-state index is 13.5. The van der Waals surface area contributed by atoms with Crippen molar-refractivity contribution in [1.82, 2.24) is 9.97 Å². The Morgan fingerprint density at radius 1 is 1.23 bits per heavy atom. The molecule has 0 saturated carbocycles. The van der Waals surface area contributed by atoms with Gasteiger partial charge in [-0.25, -0.2) is 13.8 Å². The number of nitrogens with one attached hydrogen (secondary N) is 1. The molecule has 0 fully saturated rings. The normalized spacial score (nSPS) is 15.1. The van der Waals surface area contributed by atoms with E-state index in [2.05, 4.69) is 30.6 Å². The first-order valence-corrected chi connectivity index (χ1v) is 6.26. The molecule has 1 heterocycles. The van der Waals surface area contributed by atoms with Crippen molar-refractivity contribution < 1.29 is 31.1 Å². The Morgan fingerprint density at radius 2 is 1.86 bits per heavy atom. The van der Waals surface area contributed by atoms with E-state index in [1.807, 2.05) is 0 Å². The highest BCUT2D eigenvalue weighted by Crippen LogP contribution is 2.39. The van der Waals surface area contributed by atoms with Crippen LogP contribution in [0.25, 0.3) is 11.0 Å². The minimum Gasteiger partial charge on any atom is -0.424 e. The molecule has 0 spiro atoms. The maximum absolute atomic E-state index is 13.5. The molecule has 0 radical (unpaired) electrons. The molecule has 0 amide bonds. The molecule has 22 heavy (non-hydrogen) atoms. The molecule has 1 unspecified atom stereocenters. The minimum atomic E-state index is -6.05. The van der Waals surface area contributed by atoms with Gasteiger partial charge in [0.25, 0.3) is 5.88 Å². The van der Waals surface area contributed by atoms with Crippen LogP contribution in [-0.2, 0) is 0 Å². The van der Waals surface area contributed by atoms with Crippen LogP contribution < -0.4 is 10.3 Å². The number of nitrogens with zero attached hydrogens (tertiary/aromatic N) is 1. The molecule has 1 aromatic heterocycles. The van der Waals surface area contributed by atoms with E-state index >= 15 is 0 Å². The summed E-state index contributed by atoms with van der Waals surface area (Å²) in [6, 6.07) is 4.06. The average Bonchev–Trinajstić information content (AvgIpc) is 2.38. The number of halogens is 7. The molecule has 2 aromatic rings. The quantitative estimate of drug-likeness (QED) is 0.815.